The molecule has 0 saturated heterocycles. The molecule has 0 radical (unpaired) electrons. The second kappa shape index (κ2) is 8.44. The average Bonchev–Trinajstić information content (AvgIpc) is 2.61. The summed E-state index contributed by atoms with van der Waals surface area (Å²) in [5, 5.41) is 14.8. The summed E-state index contributed by atoms with van der Waals surface area (Å²) in [5.41, 5.74) is -0.774. The van der Waals surface area contributed by atoms with Crippen molar-refractivity contribution in [1.29, 1.82) is 0 Å². The third kappa shape index (κ3) is 5.13. The van der Waals surface area contributed by atoms with Gasteiger partial charge in [-0.2, -0.15) is 0 Å². The zero-order valence-corrected chi connectivity index (χ0v) is 15.0. The number of halogens is 1. The molecule has 3 N–H and O–H groups in total. The van der Waals surface area contributed by atoms with Crippen LogP contribution in [0, 0.1) is 5.82 Å². The van der Waals surface area contributed by atoms with E-state index < -0.39 is 29.3 Å². The molecule has 7 heteroatoms. The van der Waals surface area contributed by atoms with Crippen molar-refractivity contribution < 1.29 is 23.9 Å². The van der Waals surface area contributed by atoms with Gasteiger partial charge in [-0.1, -0.05) is 42.5 Å². The van der Waals surface area contributed by atoms with E-state index in [1.54, 1.807) is 24.3 Å². The summed E-state index contributed by atoms with van der Waals surface area (Å²) < 4.78 is 13.1. The number of carboxylic acids is 1. The third-order valence-electron chi connectivity index (χ3n) is 4.21. The van der Waals surface area contributed by atoms with E-state index in [0.717, 1.165) is 17.7 Å². The van der Waals surface area contributed by atoms with Gasteiger partial charge in [-0.15, -0.1) is 0 Å². The van der Waals surface area contributed by atoms with Crippen molar-refractivity contribution in [2.24, 2.45) is 0 Å². The molecule has 2 atom stereocenters. The largest absolute Gasteiger partial charge is 0.479 e. The Morgan fingerprint density at radius 1 is 1.07 bits per heavy atom. The highest BCUT2D eigenvalue weighted by Gasteiger charge is 2.37. The highest BCUT2D eigenvalue weighted by Crippen LogP contribution is 2.23. The summed E-state index contributed by atoms with van der Waals surface area (Å²) in [4.78, 5) is 35.8. The number of carboxylic acid groups (broad SMARTS) is 1. The fourth-order valence-corrected chi connectivity index (χ4v) is 2.73. The van der Waals surface area contributed by atoms with E-state index in [4.69, 9.17) is 0 Å². The van der Waals surface area contributed by atoms with Gasteiger partial charge in [-0.3, -0.25) is 9.59 Å². The molecule has 0 aliphatic carbocycles. The van der Waals surface area contributed by atoms with E-state index in [1.807, 2.05) is 6.07 Å². The molecule has 27 heavy (non-hydrogen) atoms. The predicted octanol–water partition coefficient (Wildman–Crippen LogP) is 2.51. The average molecular weight is 372 g/mol. The van der Waals surface area contributed by atoms with E-state index in [2.05, 4.69) is 10.6 Å². The van der Waals surface area contributed by atoms with Gasteiger partial charge in [0.25, 0.3) is 0 Å². The van der Waals surface area contributed by atoms with Crippen LogP contribution in [0.3, 0.4) is 0 Å². The van der Waals surface area contributed by atoms with Gasteiger partial charge in [0.1, 0.15) is 5.82 Å². The number of hydrogen-bond donors (Lipinski definition) is 3. The topological polar surface area (TPSA) is 95.5 Å². The zero-order chi connectivity index (χ0) is 20.0. The van der Waals surface area contributed by atoms with Crippen molar-refractivity contribution >= 4 is 17.8 Å². The molecule has 2 unspecified atom stereocenters. The maximum absolute atomic E-state index is 13.1. The van der Waals surface area contributed by atoms with E-state index >= 15 is 0 Å². The number of rotatable bonds is 7. The van der Waals surface area contributed by atoms with Crippen molar-refractivity contribution in [3.63, 3.8) is 0 Å². The van der Waals surface area contributed by atoms with Crippen molar-refractivity contribution in [2.45, 2.75) is 31.8 Å². The summed E-state index contributed by atoms with van der Waals surface area (Å²) in [5.74, 6) is -2.66. The lowest BCUT2D eigenvalue weighted by Gasteiger charge is -2.28. The number of hydrogen-bond acceptors (Lipinski definition) is 3. The Labute approximate surface area is 156 Å². The molecule has 2 rings (SSSR count). The number of amides is 2. The van der Waals surface area contributed by atoms with Gasteiger partial charge in [0.05, 0.1) is 12.5 Å². The van der Waals surface area contributed by atoms with Crippen LogP contribution in [0.25, 0.3) is 0 Å². The second-order valence-corrected chi connectivity index (χ2v) is 6.35. The molecular weight excluding hydrogens is 351 g/mol. The Morgan fingerprint density at radius 2 is 1.67 bits per heavy atom. The molecule has 142 valence electrons. The van der Waals surface area contributed by atoms with Crippen LogP contribution in [-0.2, 0) is 19.9 Å². The molecule has 0 saturated carbocycles. The molecule has 2 amide bonds. The van der Waals surface area contributed by atoms with Crippen LogP contribution < -0.4 is 10.6 Å². The fraction of sp³-hybridized carbons (Fsp3) is 0.250. The first kappa shape index (κ1) is 20.1. The number of benzene rings is 2. The van der Waals surface area contributed by atoms with Crippen molar-refractivity contribution in [1.82, 2.24) is 10.6 Å². The van der Waals surface area contributed by atoms with Crippen LogP contribution in [0.2, 0.25) is 0 Å². The van der Waals surface area contributed by atoms with Crippen LogP contribution >= 0.6 is 0 Å². The Balaban J connectivity index is 2.22. The van der Waals surface area contributed by atoms with E-state index in [0.29, 0.717) is 0 Å². The van der Waals surface area contributed by atoms with E-state index in [-0.39, 0.29) is 17.9 Å². The standard InChI is InChI=1S/C20H21FN2O4/c1-13(24)22-17(14-6-4-3-5-7-14)12-18(25)23-20(2,19(26)27)15-8-10-16(21)11-9-15/h3-11,17H,12H2,1-2H3,(H,22,24)(H,23,25)(H,26,27). The molecule has 0 fully saturated rings. The van der Waals surface area contributed by atoms with Gasteiger partial charge in [-0.25, -0.2) is 9.18 Å². The Kier molecular flexibility index (Phi) is 6.28. The summed E-state index contributed by atoms with van der Waals surface area (Å²) >= 11 is 0. The minimum atomic E-state index is -1.73. The van der Waals surface area contributed by atoms with E-state index in [9.17, 15) is 23.9 Å². The van der Waals surface area contributed by atoms with Crippen LogP contribution in [0.1, 0.15) is 37.4 Å². The Morgan fingerprint density at radius 3 is 2.19 bits per heavy atom. The van der Waals surface area contributed by atoms with Gasteiger partial charge in [0, 0.05) is 6.92 Å². The molecule has 2 aromatic carbocycles. The van der Waals surface area contributed by atoms with Gasteiger partial charge in [-0.05, 0) is 30.2 Å². The maximum atomic E-state index is 13.1. The Hall–Kier alpha value is -3.22. The summed E-state index contributed by atoms with van der Waals surface area (Å²) in [6.07, 6.45) is -0.145. The molecule has 0 aliphatic rings. The Bertz CT molecular complexity index is 824. The van der Waals surface area contributed by atoms with Crippen molar-refractivity contribution in [2.75, 3.05) is 0 Å². The fourth-order valence-electron chi connectivity index (χ4n) is 2.73. The minimum Gasteiger partial charge on any atom is -0.479 e. The van der Waals surface area contributed by atoms with Crippen molar-refractivity contribution in [3.05, 3.63) is 71.5 Å². The zero-order valence-electron chi connectivity index (χ0n) is 15.0. The lowest BCUT2D eigenvalue weighted by Crippen LogP contribution is -2.50. The molecule has 0 spiro atoms. The maximum Gasteiger partial charge on any atom is 0.333 e. The van der Waals surface area contributed by atoms with Gasteiger partial charge in [0.2, 0.25) is 11.8 Å². The monoisotopic (exact) mass is 372 g/mol. The van der Waals surface area contributed by atoms with Crippen LogP contribution in [0.15, 0.2) is 54.6 Å². The molecule has 0 bridgehead atoms. The highest BCUT2D eigenvalue weighted by atomic mass is 19.1. The third-order valence-corrected chi connectivity index (χ3v) is 4.21. The van der Waals surface area contributed by atoms with Gasteiger partial charge < -0.3 is 15.7 Å². The first-order valence-corrected chi connectivity index (χ1v) is 8.35. The van der Waals surface area contributed by atoms with Gasteiger partial charge >= 0.3 is 5.97 Å². The molecule has 6 nitrogen and oxygen atoms in total. The first-order chi connectivity index (χ1) is 12.7. The summed E-state index contributed by atoms with van der Waals surface area (Å²) in [6.45, 7) is 2.67. The highest BCUT2D eigenvalue weighted by molar-refractivity contribution is 5.88. The number of aliphatic carboxylic acids is 1. The minimum absolute atomic E-state index is 0.145. The van der Waals surface area contributed by atoms with E-state index in [1.165, 1.54) is 26.0 Å². The van der Waals surface area contributed by atoms with Gasteiger partial charge in [0.15, 0.2) is 5.54 Å². The summed E-state index contributed by atoms with van der Waals surface area (Å²) in [6, 6.07) is 13.2. The smallest absolute Gasteiger partial charge is 0.333 e. The molecule has 2 aromatic rings. The molecule has 0 aromatic heterocycles. The van der Waals surface area contributed by atoms with Crippen LogP contribution in [-0.4, -0.2) is 22.9 Å². The SMILES string of the molecule is CC(=O)NC(CC(=O)NC(C)(C(=O)O)c1ccc(F)cc1)c1ccccc1. The quantitative estimate of drug-likeness (QED) is 0.696. The lowest BCUT2D eigenvalue weighted by molar-refractivity contribution is -0.147. The predicted molar refractivity (Wildman–Crippen MR) is 97.1 cm³/mol. The number of carbonyl (C=O) groups is 3. The van der Waals surface area contributed by atoms with Crippen molar-refractivity contribution in [3.8, 4) is 0 Å². The normalized spacial score (nSPS) is 13.9. The first-order valence-electron chi connectivity index (χ1n) is 8.35. The second-order valence-electron chi connectivity index (χ2n) is 6.35. The van der Waals surface area contributed by atoms with Crippen LogP contribution in [0.4, 0.5) is 4.39 Å². The lowest BCUT2D eigenvalue weighted by atomic mass is 9.91. The summed E-state index contributed by atoms with van der Waals surface area (Å²) in [7, 11) is 0. The molecule has 0 aliphatic heterocycles. The molecular formula is C20H21FN2O4. The number of carbonyl (C=O) groups excluding carboxylic acids is 2. The van der Waals surface area contributed by atoms with Crippen LogP contribution in [0.5, 0.6) is 0 Å². The number of nitrogens with one attached hydrogen (secondary N) is 2. The molecule has 0 heterocycles.